The van der Waals surface area contributed by atoms with Crippen molar-refractivity contribution in [1.82, 2.24) is 5.32 Å². The summed E-state index contributed by atoms with van der Waals surface area (Å²) >= 11 is 0. The summed E-state index contributed by atoms with van der Waals surface area (Å²) < 4.78 is 0. The van der Waals surface area contributed by atoms with Gasteiger partial charge in [0.1, 0.15) is 0 Å². The molecule has 104 valence electrons. The summed E-state index contributed by atoms with van der Waals surface area (Å²) in [5, 5.41) is 21.3. The molecule has 0 radical (unpaired) electrons. The lowest BCUT2D eigenvalue weighted by molar-refractivity contribution is -0.138. The number of nitrogens with one attached hydrogen (secondary N) is 1. The van der Waals surface area contributed by atoms with Crippen LogP contribution in [0, 0.1) is 5.92 Å². The number of amides is 1. The molecule has 5 nitrogen and oxygen atoms in total. The van der Waals surface area contributed by atoms with Crippen molar-refractivity contribution in [2.24, 2.45) is 5.92 Å². The van der Waals surface area contributed by atoms with Crippen molar-refractivity contribution in [3.63, 3.8) is 0 Å². The fraction of sp³-hybridized carbons (Fsp3) is 0.429. The smallest absolute Gasteiger partial charge is 0.305 e. The first-order valence-electron chi connectivity index (χ1n) is 6.17. The zero-order valence-corrected chi connectivity index (χ0v) is 11.0. The van der Waals surface area contributed by atoms with Crippen molar-refractivity contribution >= 4 is 11.9 Å². The summed E-state index contributed by atoms with van der Waals surface area (Å²) in [6.45, 7) is 3.64. The number of benzene rings is 1. The monoisotopic (exact) mass is 265 g/mol. The lowest BCUT2D eigenvalue weighted by atomic mass is 10.00. The SMILES string of the molecule is CC(C)C(CC(=O)O)NC(=O)C(O)c1ccccc1. The highest BCUT2D eigenvalue weighted by Gasteiger charge is 2.24. The van der Waals surface area contributed by atoms with E-state index in [0.717, 1.165) is 0 Å². The number of hydrogen-bond acceptors (Lipinski definition) is 3. The highest BCUT2D eigenvalue weighted by atomic mass is 16.4. The van der Waals surface area contributed by atoms with Crippen molar-refractivity contribution < 1.29 is 19.8 Å². The molecule has 0 aliphatic rings. The van der Waals surface area contributed by atoms with Crippen LogP contribution in [0.5, 0.6) is 0 Å². The van der Waals surface area contributed by atoms with Gasteiger partial charge in [-0.3, -0.25) is 9.59 Å². The molecular formula is C14H19NO4. The van der Waals surface area contributed by atoms with Gasteiger partial charge >= 0.3 is 5.97 Å². The predicted octanol–water partition coefficient (Wildman–Crippen LogP) is 1.34. The molecule has 0 aromatic heterocycles. The lowest BCUT2D eigenvalue weighted by Gasteiger charge is -2.22. The minimum absolute atomic E-state index is 0.0250. The van der Waals surface area contributed by atoms with Gasteiger partial charge in [0.15, 0.2) is 6.10 Å². The third-order valence-electron chi connectivity index (χ3n) is 2.89. The van der Waals surface area contributed by atoms with Gasteiger partial charge in [-0.2, -0.15) is 0 Å². The van der Waals surface area contributed by atoms with Crippen molar-refractivity contribution in [1.29, 1.82) is 0 Å². The van der Waals surface area contributed by atoms with Gasteiger partial charge in [0, 0.05) is 6.04 Å². The van der Waals surface area contributed by atoms with Crippen molar-refractivity contribution in [2.75, 3.05) is 0 Å². The third kappa shape index (κ3) is 4.71. The number of carbonyl (C=O) groups excluding carboxylic acids is 1. The Hall–Kier alpha value is -1.88. The molecule has 0 aliphatic heterocycles. The number of carboxylic acid groups (broad SMARTS) is 1. The zero-order chi connectivity index (χ0) is 14.4. The van der Waals surface area contributed by atoms with E-state index in [9.17, 15) is 14.7 Å². The summed E-state index contributed by atoms with van der Waals surface area (Å²) in [7, 11) is 0. The van der Waals surface area contributed by atoms with E-state index in [1.165, 1.54) is 0 Å². The van der Waals surface area contributed by atoms with E-state index in [1.807, 2.05) is 13.8 Å². The number of aliphatic hydroxyl groups is 1. The molecule has 0 spiro atoms. The average molecular weight is 265 g/mol. The Balaban J connectivity index is 2.69. The highest BCUT2D eigenvalue weighted by molar-refractivity contribution is 5.82. The largest absolute Gasteiger partial charge is 0.481 e. The minimum atomic E-state index is -1.28. The fourth-order valence-corrected chi connectivity index (χ4v) is 1.69. The molecule has 1 rings (SSSR count). The maximum Gasteiger partial charge on any atom is 0.305 e. The second kappa shape index (κ2) is 6.89. The van der Waals surface area contributed by atoms with Crippen molar-refractivity contribution in [3.8, 4) is 0 Å². The van der Waals surface area contributed by atoms with Crippen LogP contribution in [-0.2, 0) is 9.59 Å². The Morgan fingerprint density at radius 3 is 2.26 bits per heavy atom. The summed E-state index contributed by atoms with van der Waals surface area (Å²) in [5.41, 5.74) is 0.484. The second-order valence-electron chi connectivity index (χ2n) is 4.77. The fourth-order valence-electron chi connectivity index (χ4n) is 1.69. The first-order valence-corrected chi connectivity index (χ1v) is 6.17. The molecule has 0 saturated heterocycles. The number of aliphatic carboxylic acids is 1. The molecule has 0 heterocycles. The predicted molar refractivity (Wildman–Crippen MR) is 70.4 cm³/mol. The van der Waals surface area contributed by atoms with Gasteiger partial charge in [0.2, 0.25) is 0 Å². The molecule has 1 aromatic carbocycles. The molecule has 1 amide bonds. The average Bonchev–Trinajstić information content (AvgIpc) is 2.37. The topological polar surface area (TPSA) is 86.6 Å². The Bertz CT molecular complexity index is 430. The summed E-state index contributed by atoms with van der Waals surface area (Å²) in [4.78, 5) is 22.6. The Morgan fingerprint density at radius 1 is 1.21 bits per heavy atom. The van der Waals surface area contributed by atoms with Crippen LogP contribution in [0.2, 0.25) is 0 Å². The van der Waals surface area contributed by atoms with E-state index in [0.29, 0.717) is 5.56 Å². The van der Waals surface area contributed by atoms with Gasteiger partial charge in [-0.15, -0.1) is 0 Å². The Kier molecular flexibility index (Phi) is 5.51. The lowest BCUT2D eigenvalue weighted by Crippen LogP contribution is -2.42. The molecule has 3 N–H and O–H groups in total. The van der Waals surface area contributed by atoms with Crippen LogP contribution in [0.15, 0.2) is 30.3 Å². The minimum Gasteiger partial charge on any atom is -0.481 e. The van der Waals surface area contributed by atoms with Crippen LogP contribution in [0.3, 0.4) is 0 Å². The third-order valence-corrected chi connectivity index (χ3v) is 2.89. The molecule has 0 fully saturated rings. The van der Waals surface area contributed by atoms with Gasteiger partial charge in [0.25, 0.3) is 5.91 Å². The quantitative estimate of drug-likeness (QED) is 0.724. The Morgan fingerprint density at radius 2 is 1.79 bits per heavy atom. The first-order chi connectivity index (χ1) is 8.91. The van der Waals surface area contributed by atoms with Crippen LogP contribution >= 0.6 is 0 Å². The van der Waals surface area contributed by atoms with Crippen molar-refractivity contribution in [3.05, 3.63) is 35.9 Å². The van der Waals surface area contributed by atoms with Crippen LogP contribution in [-0.4, -0.2) is 28.1 Å². The number of carboxylic acids is 1. The highest BCUT2D eigenvalue weighted by Crippen LogP contribution is 2.14. The molecule has 0 bridgehead atoms. The number of aliphatic hydroxyl groups excluding tert-OH is 1. The van der Waals surface area contributed by atoms with E-state index >= 15 is 0 Å². The van der Waals surface area contributed by atoms with E-state index in [1.54, 1.807) is 30.3 Å². The number of rotatable bonds is 6. The molecular weight excluding hydrogens is 246 g/mol. The maximum atomic E-state index is 11.9. The normalized spacial score (nSPS) is 13.9. The van der Waals surface area contributed by atoms with Crippen LogP contribution in [0.1, 0.15) is 31.9 Å². The second-order valence-corrected chi connectivity index (χ2v) is 4.77. The van der Waals surface area contributed by atoms with Crippen LogP contribution in [0.25, 0.3) is 0 Å². The Labute approximate surface area is 112 Å². The van der Waals surface area contributed by atoms with Crippen LogP contribution < -0.4 is 5.32 Å². The van der Waals surface area contributed by atoms with Crippen molar-refractivity contribution in [2.45, 2.75) is 32.4 Å². The van der Waals surface area contributed by atoms with Gasteiger partial charge in [-0.25, -0.2) is 0 Å². The summed E-state index contributed by atoms with van der Waals surface area (Å²) in [6, 6.07) is 8.03. The standard InChI is InChI=1S/C14H19NO4/c1-9(2)11(8-12(16)17)15-14(19)13(18)10-6-4-3-5-7-10/h3-7,9,11,13,18H,8H2,1-2H3,(H,15,19)(H,16,17). The zero-order valence-electron chi connectivity index (χ0n) is 11.0. The van der Waals surface area contributed by atoms with Gasteiger partial charge in [0.05, 0.1) is 6.42 Å². The summed E-state index contributed by atoms with van der Waals surface area (Å²) in [6.07, 6.45) is -1.44. The van der Waals surface area contributed by atoms with Gasteiger partial charge in [-0.1, -0.05) is 44.2 Å². The van der Waals surface area contributed by atoms with E-state index < -0.39 is 24.0 Å². The number of carbonyl (C=O) groups is 2. The van der Waals surface area contributed by atoms with E-state index in [4.69, 9.17) is 5.11 Å². The van der Waals surface area contributed by atoms with Gasteiger partial charge < -0.3 is 15.5 Å². The molecule has 2 atom stereocenters. The molecule has 0 aliphatic carbocycles. The number of hydrogen-bond donors (Lipinski definition) is 3. The molecule has 2 unspecified atom stereocenters. The van der Waals surface area contributed by atoms with Gasteiger partial charge in [-0.05, 0) is 11.5 Å². The van der Waals surface area contributed by atoms with E-state index in [-0.39, 0.29) is 12.3 Å². The molecule has 1 aromatic rings. The maximum absolute atomic E-state index is 11.9. The van der Waals surface area contributed by atoms with Crippen LogP contribution in [0.4, 0.5) is 0 Å². The first kappa shape index (κ1) is 15.2. The molecule has 5 heteroatoms. The molecule has 19 heavy (non-hydrogen) atoms. The van der Waals surface area contributed by atoms with E-state index in [2.05, 4.69) is 5.32 Å². The summed E-state index contributed by atoms with van der Waals surface area (Å²) in [5.74, 6) is -1.58. The molecule has 0 saturated carbocycles.